The molecule has 0 saturated carbocycles. The first-order chi connectivity index (χ1) is 11.7. The predicted molar refractivity (Wildman–Crippen MR) is 117 cm³/mol. The van der Waals surface area contributed by atoms with Crippen molar-refractivity contribution in [1.29, 1.82) is 0 Å². The molecule has 5 nitrogen and oxygen atoms in total. The maximum atomic E-state index is 5.63. The summed E-state index contributed by atoms with van der Waals surface area (Å²) in [4.78, 5) is 11.3. The smallest absolute Gasteiger partial charge is 0.226 e. The zero-order valence-corrected chi connectivity index (χ0v) is 18.8. The van der Waals surface area contributed by atoms with Gasteiger partial charge in [-0.25, -0.2) is 4.98 Å². The van der Waals surface area contributed by atoms with Gasteiger partial charge in [-0.3, -0.25) is 4.99 Å². The van der Waals surface area contributed by atoms with Gasteiger partial charge in [0.25, 0.3) is 0 Å². The largest absolute Gasteiger partial charge is 0.444 e. The van der Waals surface area contributed by atoms with Gasteiger partial charge in [-0.05, 0) is 32.9 Å². The van der Waals surface area contributed by atoms with E-state index in [4.69, 9.17) is 4.42 Å². The van der Waals surface area contributed by atoms with Gasteiger partial charge in [-0.1, -0.05) is 31.5 Å². The molecular weight excluding hydrogens is 439 g/mol. The van der Waals surface area contributed by atoms with Crippen LogP contribution in [-0.2, 0) is 6.54 Å². The molecule has 3 rings (SSSR count). The van der Waals surface area contributed by atoms with Crippen LogP contribution in [0.4, 0.5) is 0 Å². The summed E-state index contributed by atoms with van der Waals surface area (Å²) in [5.74, 6) is 1.56. The molecule has 142 valence electrons. The van der Waals surface area contributed by atoms with Crippen molar-refractivity contribution >= 4 is 29.9 Å². The van der Waals surface area contributed by atoms with Gasteiger partial charge in [0, 0.05) is 30.1 Å². The van der Waals surface area contributed by atoms with Crippen LogP contribution in [0.2, 0.25) is 0 Å². The lowest BCUT2D eigenvalue weighted by molar-refractivity contribution is -0.0668. The van der Waals surface area contributed by atoms with Crippen molar-refractivity contribution in [2.45, 2.75) is 46.7 Å². The number of aryl methyl sites for hydroxylation is 1. The van der Waals surface area contributed by atoms with E-state index < -0.39 is 0 Å². The Morgan fingerprint density at radius 1 is 1.23 bits per heavy atom. The number of rotatable bonds is 3. The number of hydrogen-bond donors (Lipinski definition) is 1. The highest BCUT2D eigenvalue weighted by Crippen LogP contribution is 2.46. The Kier molecular flexibility index (Phi) is 6.05. The lowest BCUT2D eigenvalue weighted by atomic mass is 9.65. The Hall–Kier alpha value is -1.57. The average Bonchev–Trinajstić information content (AvgIpc) is 3.04. The second-order valence-electron chi connectivity index (χ2n) is 7.94. The summed E-state index contributed by atoms with van der Waals surface area (Å²) in [7, 11) is 1.82. The number of nitrogens with one attached hydrogen (secondary N) is 1. The molecule has 1 fully saturated rings. The first-order valence-electron chi connectivity index (χ1n) is 8.74. The highest BCUT2D eigenvalue weighted by molar-refractivity contribution is 14.0. The Labute approximate surface area is 173 Å². The maximum absolute atomic E-state index is 5.63. The Morgan fingerprint density at radius 3 is 2.42 bits per heavy atom. The van der Waals surface area contributed by atoms with E-state index in [9.17, 15) is 0 Å². The van der Waals surface area contributed by atoms with Crippen molar-refractivity contribution in [3.63, 3.8) is 0 Å². The molecule has 2 heterocycles. The fourth-order valence-electron chi connectivity index (χ4n) is 3.08. The SMILES string of the molecule is CN=C(NCc1coc(-c2ccc(C)cc2)n1)N1CC(C)(C)C1(C)C.I. The number of likely N-dealkylation sites (tertiary alicyclic amines) is 1. The van der Waals surface area contributed by atoms with Crippen molar-refractivity contribution < 1.29 is 4.42 Å². The van der Waals surface area contributed by atoms with Crippen LogP contribution >= 0.6 is 24.0 Å². The summed E-state index contributed by atoms with van der Waals surface area (Å²) < 4.78 is 5.63. The summed E-state index contributed by atoms with van der Waals surface area (Å²) in [6.45, 7) is 12.8. The molecule has 0 spiro atoms. The second-order valence-corrected chi connectivity index (χ2v) is 7.94. The van der Waals surface area contributed by atoms with Crippen LogP contribution in [0.1, 0.15) is 39.0 Å². The zero-order valence-electron chi connectivity index (χ0n) is 16.5. The van der Waals surface area contributed by atoms with Gasteiger partial charge < -0.3 is 14.6 Å². The molecule has 6 heteroatoms. The minimum absolute atomic E-state index is 0. The number of aliphatic imine (C=N–C) groups is 1. The third-order valence-corrected chi connectivity index (χ3v) is 5.63. The molecule has 26 heavy (non-hydrogen) atoms. The van der Waals surface area contributed by atoms with Crippen LogP contribution < -0.4 is 5.32 Å². The van der Waals surface area contributed by atoms with Gasteiger partial charge in [0.1, 0.15) is 6.26 Å². The number of benzene rings is 1. The number of guanidine groups is 1. The van der Waals surface area contributed by atoms with Crippen LogP contribution in [0.15, 0.2) is 39.9 Å². The molecule has 1 saturated heterocycles. The van der Waals surface area contributed by atoms with Gasteiger partial charge >= 0.3 is 0 Å². The van der Waals surface area contributed by atoms with E-state index in [-0.39, 0.29) is 34.9 Å². The number of oxazole rings is 1. The standard InChI is InChI=1S/C20H28N4O.HI/c1-14-7-9-15(10-8-14)17-23-16(12-25-17)11-22-18(21-6)24-13-19(2,3)20(24,4)5;/h7-10,12H,11,13H2,1-6H3,(H,21,22);1H. The lowest BCUT2D eigenvalue weighted by Crippen LogP contribution is -2.72. The fraction of sp³-hybridized carbons (Fsp3) is 0.500. The number of hydrogen-bond acceptors (Lipinski definition) is 3. The molecular formula is C20H29IN4O. The predicted octanol–water partition coefficient (Wildman–Crippen LogP) is 4.46. The third kappa shape index (κ3) is 3.75. The summed E-state index contributed by atoms with van der Waals surface area (Å²) >= 11 is 0. The van der Waals surface area contributed by atoms with Crippen molar-refractivity contribution in [2.24, 2.45) is 10.4 Å². The molecule has 0 amide bonds. The third-order valence-electron chi connectivity index (χ3n) is 5.63. The van der Waals surface area contributed by atoms with Crippen molar-refractivity contribution in [3.05, 3.63) is 41.8 Å². The minimum atomic E-state index is 0. The molecule has 2 aromatic rings. The number of nitrogens with zero attached hydrogens (tertiary/aromatic N) is 3. The first-order valence-corrected chi connectivity index (χ1v) is 8.74. The lowest BCUT2D eigenvalue weighted by Gasteiger charge is -2.62. The van der Waals surface area contributed by atoms with Gasteiger partial charge in [0.2, 0.25) is 5.89 Å². The molecule has 0 bridgehead atoms. The van der Waals surface area contributed by atoms with Crippen LogP contribution in [-0.4, -0.2) is 35.0 Å². The van der Waals surface area contributed by atoms with Gasteiger partial charge in [0.15, 0.2) is 5.96 Å². The fourth-order valence-corrected chi connectivity index (χ4v) is 3.08. The molecule has 1 aromatic heterocycles. The Balaban J connectivity index is 0.00000243. The van der Waals surface area contributed by atoms with E-state index >= 15 is 0 Å². The highest BCUT2D eigenvalue weighted by Gasteiger charge is 2.53. The summed E-state index contributed by atoms with van der Waals surface area (Å²) in [5.41, 5.74) is 3.44. The molecule has 0 atom stereocenters. The average molecular weight is 468 g/mol. The summed E-state index contributed by atoms with van der Waals surface area (Å²) in [5, 5.41) is 3.41. The van der Waals surface area contributed by atoms with Gasteiger partial charge in [0.05, 0.1) is 12.2 Å². The van der Waals surface area contributed by atoms with E-state index in [0.29, 0.717) is 12.4 Å². The maximum Gasteiger partial charge on any atom is 0.226 e. The molecule has 0 radical (unpaired) electrons. The Morgan fingerprint density at radius 2 is 1.88 bits per heavy atom. The molecule has 1 aromatic carbocycles. The van der Waals surface area contributed by atoms with Crippen molar-refractivity contribution in [2.75, 3.05) is 13.6 Å². The van der Waals surface area contributed by atoms with Gasteiger partial charge in [-0.2, -0.15) is 0 Å². The Bertz CT molecular complexity index is 777. The van der Waals surface area contributed by atoms with E-state index in [2.05, 4.69) is 66.9 Å². The molecule has 0 unspecified atom stereocenters. The quantitative estimate of drug-likeness (QED) is 0.411. The second kappa shape index (κ2) is 7.58. The van der Waals surface area contributed by atoms with E-state index in [0.717, 1.165) is 23.8 Å². The normalized spacial score (nSPS) is 18.1. The minimum Gasteiger partial charge on any atom is -0.444 e. The van der Waals surface area contributed by atoms with E-state index in [1.165, 1.54) is 5.56 Å². The molecule has 0 aliphatic carbocycles. The summed E-state index contributed by atoms with van der Waals surface area (Å²) in [6, 6.07) is 8.18. The number of halogens is 1. The van der Waals surface area contributed by atoms with Crippen LogP contribution in [0.25, 0.3) is 11.5 Å². The highest BCUT2D eigenvalue weighted by atomic mass is 127. The molecule has 1 aliphatic heterocycles. The molecule has 1 N–H and O–H groups in total. The van der Waals surface area contributed by atoms with Crippen LogP contribution in [0.3, 0.4) is 0 Å². The van der Waals surface area contributed by atoms with Crippen molar-refractivity contribution in [3.8, 4) is 11.5 Å². The zero-order chi connectivity index (χ0) is 18.2. The number of aromatic nitrogens is 1. The monoisotopic (exact) mass is 468 g/mol. The topological polar surface area (TPSA) is 53.7 Å². The summed E-state index contributed by atoms with van der Waals surface area (Å²) in [6.07, 6.45) is 1.71. The van der Waals surface area contributed by atoms with Crippen LogP contribution in [0, 0.1) is 12.3 Å². The van der Waals surface area contributed by atoms with Crippen molar-refractivity contribution in [1.82, 2.24) is 15.2 Å². The van der Waals surface area contributed by atoms with E-state index in [1.807, 2.05) is 19.2 Å². The van der Waals surface area contributed by atoms with E-state index in [1.54, 1.807) is 6.26 Å². The molecule has 1 aliphatic rings. The first kappa shape index (κ1) is 20.7. The van der Waals surface area contributed by atoms with Gasteiger partial charge in [-0.15, -0.1) is 24.0 Å². The van der Waals surface area contributed by atoms with Crippen LogP contribution in [0.5, 0.6) is 0 Å².